The predicted molar refractivity (Wildman–Crippen MR) is 132 cm³/mol. The molecule has 2 aromatic carbocycles. The zero-order valence-electron chi connectivity index (χ0n) is 19.4. The fraction of sp³-hybridized carbons (Fsp3) is 0.462. The topological polar surface area (TPSA) is 84.9 Å². The van der Waals surface area contributed by atoms with Crippen molar-refractivity contribution in [1.29, 1.82) is 0 Å². The number of nitrogens with one attached hydrogen (secondary N) is 1. The first-order valence-electron chi connectivity index (χ1n) is 11.4. The van der Waals surface area contributed by atoms with Gasteiger partial charge in [0.25, 0.3) is 0 Å². The number of carboxylic acid groups (broad SMARTS) is 1. The minimum atomic E-state index is -0.981. The maximum absolute atomic E-state index is 12.8. The molecule has 3 rings (SSSR count). The Balaban J connectivity index is 1.85. The summed E-state index contributed by atoms with van der Waals surface area (Å²) in [5.41, 5.74) is 1.99. The van der Waals surface area contributed by atoms with E-state index in [0.29, 0.717) is 36.1 Å². The van der Waals surface area contributed by atoms with E-state index in [2.05, 4.69) is 12.2 Å². The summed E-state index contributed by atoms with van der Waals surface area (Å²) in [6.45, 7) is 3.00. The molecule has 34 heavy (non-hydrogen) atoms. The van der Waals surface area contributed by atoms with Crippen molar-refractivity contribution in [2.75, 3.05) is 20.3 Å². The number of carboxylic acids is 1. The van der Waals surface area contributed by atoms with Crippen molar-refractivity contribution in [3.63, 3.8) is 0 Å². The average molecular weight is 508 g/mol. The van der Waals surface area contributed by atoms with Crippen molar-refractivity contribution in [1.82, 2.24) is 5.32 Å². The van der Waals surface area contributed by atoms with Gasteiger partial charge in [-0.15, -0.1) is 0 Å². The van der Waals surface area contributed by atoms with E-state index in [9.17, 15) is 14.7 Å². The Kier molecular flexibility index (Phi) is 9.77. The van der Waals surface area contributed by atoms with Crippen LogP contribution in [0.15, 0.2) is 48.5 Å². The molecule has 0 aliphatic carbocycles. The smallest absolute Gasteiger partial charge is 0.304 e. The highest BCUT2D eigenvalue weighted by molar-refractivity contribution is 6.30. The van der Waals surface area contributed by atoms with Gasteiger partial charge in [0.2, 0.25) is 5.91 Å². The van der Waals surface area contributed by atoms with Gasteiger partial charge < -0.3 is 19.9 Å². The first kappa shape index (κ1) is 26.5. The fourth-order valence-corrected chi connectivity index (χ4v) is 5.01. The molecule has 2 N–H and O–H groups in total. The highest BCUT2D eigenvalue weighted by Gasteiger charge is 2.40. The summed E-state index contributed by atoms with van der Waals surface area (Å²) in [5.74, 6) is -1.83. The quantitative estimate of drug-likeness (QED) is 0.393. The SMILES string of the molecule is COCCO[C@@H](CC(C)[C@@H]1NC(=O)[C@H](CC(=O)O)C[C@@H]1c1cccc(Cl)c1)c1ccc(Cl)cc1. The Labute approximate surface area is 210 Å². The van der Waals surface area contributed by atoms with E-state index in [0.717, 1.165) is 11.1 Å². The summed E-state index contributed by atoms with van der Waals surface area (Å²) in [5, 5.41) is 13.7. The highest BCUT2D eigenvalue weighted by Crippen LogP contribution is 2.39. The van der Waals surface area contributed by atoms with E-state index in [1.807, 2.05) is 42.5 Å². The number of hydrogen-bond acceptors (Lipinski definition) is 4. The van der Waals surface area contributed by atoms with E-state index in [-0.39, 0.29) is 36.3 Å². The second-order valence-corrected chi connectivity index (χ2v) is 9.72. The largest absolute Gasteiger partial charge is 0.481 e. The van der Waals surface area contributed by atoms with Gasteiger partial charge in [-0.25, -0.2) is 0 Å². The van der Waals surface area contributed by atoms with Gasteiger partial charge in [-0.3, -0.25) is 9.59 Å². The Bertz CT molecular complexity index is 968. The molecule has 1 aliphatic rings. The minimum Gasteiger partial charge on any atom is -0.481 e. The maximum atomic E-state index is 12.8. The molecule has 8 heteroatoms. The third-order valence-electron chi connectivity index (χ3n) is 6.40. The van der Waals surface area contributed by atoms with Crippen LogP contribution < -0.4 is 5.32 Å². The molecule has 184 valence electrons. The molecule has 0 saturated carbocycles. The lowest BCUT2D eigenvalue weighted by Gasteiger charge is -2.40. The second kappa shape index (κ2) is 12.5. The number of rotatable bonds is 11. The van der Waals surface area contributed by atoms with Gasteiger partial charge in [-0.05, 0) is 54.2 Å². The molecule has 1 fully saturated rings. The van der Waals surface area contributed by atoms with E-state index in [1.54, 1.807) is 13.2 Å². The van der Waals surface area contributed by atoms with Crippen LogP contribution in [0, 0.1) is 11.8 Å². The lowest BCUT2D eigenvalue weighted by Crippen LogP contribution is -2.52. The van der Waals surface area contributed by atoms with Crippen LogP contribution in [0.1, 0.15) is 49.3 Å². The molecular weight excluding hydrogens is 477 g/mol. The van der Waals surface area contributed by atoms with E-state index in [4.69, 9.17) is 32.7 Å². The molecule has 1 unspecified atom stereocenters. The van der Waals surface area contributed by atoms with Gasteiger partial charge in [-0.2, -0.15) is 0 Å². The first-order chi connectivity index (χ1) is 16.3. The summed E-state index contributed by atoms with van der Waals surface area (Å²) in [6, 6.07) is 14.9. The van der Waals surface area contributed by atoms with Crippen LogP contribution in [0.2, 0.25) is 10.0 Å². The molecule has 1 aliphatic heterocycles. The average Bonchev–Trinajstić information content (AvgIpc) is 2.80. The molecule has 2 aromatic rings. The lowest BCUT2D eigenvalue weighted by molar-refractivity contribution is -0.142. The molecule has 0 radical (unpaired) electrons. The van der Waals surface area contributed by atoms with E-state index < -0.39 is 11.9 Å². The van der Waals surface area contributed by atoms with Crippen molar-refractivity contribution in [2.24, 2.45) is 11.8 Å². The van der Waals surface area contributed by atoms with Crippen LogP contribution in [0.4, 0.5) is 0 Å². The number of ether oxygens (including phenoxy) is 2. The number of piperidine rings is 1. The van der Waals surface area contributed by atoms with Crippen molar-refractivity contribution in [2.45, 2.75) is 44.2 Å². The summed E-state index contributed by atoms with van der Waals surface area (Å²) >= 11 is 12.3. The fourth-order valence-electron chi connectivity index (χ4n) is 4.68. The third-order valence-corrected chi connectivity index (χ3v) is 6.88. The van der Waals surface area contributed by atoms with Gasteiger partial charge >= 0.3 is 5.97 Å². The Morgan fingerprint density at radius 2 is 1.88 bits per heavy atom. The molecule has 1 amide bonds. The van der Waals surface area contributed by atoms with Gasteiger partial charge in [0.05, 0.1) is 25.7 Å². The number of amides is 1. The summed E-state index contributed by atoms with van der Waals surface area (Å²) in [6.07, 6.45) is 0.689. The predicted octanol–water partition coefficient (Wildman–Crippen LogP) is 5.49. The number of aliphatic carboxylic acids is 1. The van der Waals surface area contributed by atoms with Crippen molar-refractivity contribution in [3.8, 4) is 0 Å². The van der Waals surface area contributed by atoms with Crippen LogP contribution in [0.3, 0.4) is 0 Å². The van der Waals surface area contributed by atoms with Crippen LogP contribution >= 0.6 is 23.2 Å². The molecular formula is C26H31Cl2NO5. The Morgan fingerprint density at radius 3 is 2.53 bits per heavy atom. The summed E-state index contributed by atoms with van der Waals surface area (Å²) < 4.78 is 11.3. The van der Waals surface area contributed by atoms with Gasteiger partial charge in [0.1, 0.15) is 0 Å². The zero-order chi connectivity index (χ0) is 24.7. The van der Waals surface area contributed by atoms with Gasteiger partial charge in [0.15, 0.2) is 0 Å². The third kappa shape index (κ3) is 7.19. The van der Waals surface area contributed by atoms with Gasteiger partial charge in [0, 0.05) is 35.0 Å². The molecule has 0 bridgehead atoms. The minimum absolute atomic E-state index is 0.0296. The molecule has 0 aromatic heterocycles. The van der Waals surface area contributed by atoms with E-state index in [1.165, 1.54) is 0 Å². The number of benzene rings is 2. The normalized spacial score (nSPS) is 22.1. The van der Waals surface area contributed by atoms with Crippen LogP contribution in [-0.2, 0) is 19.1 Å². The van der Waals surface area contributed by atoms with Crippen LogP contribution in [0.5, 0.6) is 0 Å². The molecule has 6 nitrogen and oxygen atoms in total. The number of halogens is 2. The standard InChI is InChI=1S/C26H31Cl2NO5/c1-16(12-23(34-11-10-33-2)17-6-8-20(27)9-7-17)25-22(18-4-3-5-21(28)13-18)14-19(15-24(30)31)26(32)29-25/h3-9,13,16,19,22-23,25H,10-12,14-15H2,1-2H3,(H,29,32)(H,30,31)/t16?,19-,22+,23-,25-/m0/s1. The van der Waals surface area contributed by atoms with Crippen molar-refractivity contribution >= 4 is 35.1 Å². The molecule has 1 saturated heterocycles. The lowest BCUT2D eigenvalue weighted by atomic mass is 9.73. The van der Waals surface area contributed by atoms with Crippen molar-refractivity contribution < 1.29 is 24.2 Å². The summed E-state index contributed by atoms with van der Waals surface area (Å²) in [7, 11) is 1.63. The number of methoxy groups -OCH3 is 1. The second-order valence-electron chi connectivity index (χ2n) is 8.84. The van der Waals surface area contributed by atoms with Crippen LogP contribution in [-0.4, -0.2) is 43.3 Å². The number of carbonyl (C=O) groups is 2. The van der Waals surface area contributed by atoms with Gasteiger partial charge in [-0.1, -0.05) is 54.4 Å². The first-order valence-corrected chi connectivity index (χ1v) is 12.2. The molecule has 1 heterocycles. The zero-order valence-corrected chi connectivity index (χ0v) is 20.9. The maximum Gasteiger partial charge on any atom is 0.304 e. The highest BCUT2D eigenvalue weighted by atomic mass is 35.5. The Morgan fingerprint density at radius 1 is 1.15 bits per heavy atom. The number of carbonyl (C=O) groups excluding carboxylic acids is 1. The monoisotopic (exact) mass is 507 g/mol. The van der Waals surface area contributed by atoms with Crippen molar-refractivity contribution in [3.05, 3.63) is 69.7 Å². The summed E-state index contributed by atoms with van der Waals surface area (Å²) in [4.78, 5) is 24.2. The van der Waals surface area contributed by atoms with Crippen LogP contribution in [0.25, 0.3) is 0 Å². The number of hydrogen-bond donors (Lipinski definition) is 2. The molecule has 5 atom stereocenters. The molecule has 0 spiro atoms. The Hall–Kier alpha value is -2.12. The van der Waals surface area contributed by atoms with E-state index >= 15 is 0 Å².